The average molecular weight is 512 g/mol. The van der Waals surface area contributed by atoms with Gasteiger partial charge in [0.2, 0.25) is 0 Å². The molecule has 192 valence electrons. The summed E-state index contributed by atoms with van der Waals surface area (Å²) < 4.78 is 13.2. The molecule has 0 unspecified atom stereocenters. The van der Waals surface area contributed by atoms with E-state index in [1.807, 2.05) is 28.1 Å². The quantitative estimate of drug-likeness (QED) is 0.415. The summed E-state index contributed by atoms with van der Waals surface area (Å²) in [6.45, 7) is 4.03. The number of hydrogen-bond acceptors (Lipinski definition) is 6. The van der Waals surface area contributed by atoms with Crippen LogP contribution in [0.3, 0.4) is 0 Å². The summed E-state index contributed by atoms with van der Waals surface area (Å²) in [4.78, 5) is 47.5. The van der Waals surface area contributed by atoms with Crippen LogP contribution in [0.15, 0.2) is 53.5 Å². The van der Waals surface area contributed by atoms with E-state index in [0.717, 1.165) is 21.9 Å². The topological polar surface area (TPSA) is 110 Å². The summed E-state index contributed by atoms with van der Waals surface area (Å²) in [6.07, 6.45) is 7.38. The molecule has 7 rings (SSSR count). The number of carbonyl (C=O) groups is 3. The fourth-order valence-electron chi connectivity index (χ4n) is 5.79. The van der Waals surface area contributed by atoms with Crippen LogP contribution in [-0.4, -0.2) is 76.6 Å². The molecule has 10 nitrogen and oxygen atoms in total. The van der Waals surface area contributed by atoms with Crippen molar-refractivity contribution in [1.29, 1.82) is 0 Å². The summed E-state index contributed by atoms with van der Waals surface area (Å²) >= 11 is 0. The molecule has 1 aromatic carbocycles. The Morgan fingerprint density at radius 3 is 2.53 bits per heavy atom. The van der Waals surface area contributed by atoms with Crippen LogP contribution < -0.4 is 5.32 Å². The Hall–Kier alpha value is -4.44. The number of aromatic nitrogens is 2. The third-order valence-electron chi connectivity index (χ3n) is 7.62. The zero-order valence-corrected chi connectivity index (χ0v) is 20.6. The van der Waals surface area contributed by atoms with E-state index in [-0.39, 0.29) is 11.6 Å². The second-order valence-electron chi connectivity index (χ2n) is 9.73. The number of carbonyl (C=O) groups excluding carboxylic acids is 3. The fourth-order valence-corrected chi connectivity index (χ4v) is 5.79. The van der Waals surface area contributed by atoms with E-state index in [9.17, 15) is 14.4 Å². The van der Waals surface area contributed by atoms with Gasteiger partial charge in [-0.3, -0.25) is 19.9 Å². The second-order valence-corrected chi connectivity index (χ2v) is 9.73. The van der Waals surface area contributed by atoms with Crippen LogP contribution in [0.1, 0.15) is 16.7 Å². The van der Waals surface area contributed by atoms with Crippen LogP contribution >= 0.6 is 0 Å². The van der Waals surface area contributed by atoms with E-state index in [0.29, 0.717) is 74.6 Å². The summed E-state index contributed by atoms with van der Waals surface area (Å²) in [7, 11) is 0. The molecule has 38 heavy (non-hydrogen) atoms. The van der Waals surface area contributed by atoms with E-state index < -0.39 is 11.8 Å². The number of imide groups is 1. The summed E-state index contributed by atoms with van der Waals surface area (Å²) in [5.74, 6) is -0.920. The number of amides is 4. The maximum absolute atomic E-state index is 13.2. The van der Waals surface area contributed by atoms with Gasteiger partial charge in [-0.15, -0.1) is 0 Å². The number of para-hydroxylation sites is 1. The number of fused-ring (bicyclic) bond motifs is 1. The van der Waals surface area contributed by atoms with E-state index in [1.165, 1.54) is 0 Å². The summed E-state index contributed by atoms with van der Waals surface area (Å²) in [5, 5.41) is 4.12. The van der Waals surface area contributed by atoms with Gasteiger partial charge in [0.15, 0.2) is 0 Å². The number of ether oxygens (including phenoxy) is 1. The molecule has 3 aliphatic heterocycles. The molecule has 10 heteroatoms. The monoisotopic (exact) mass is 511 g/mol. The molecule has 3 aliphatic rings. The molecule has 1 saturated heterocycles. The van der Waals surface area contributed by atoms with Gasteiger partial charge in [0.05, 0.1) is 36.1 Å². The van der Waals surface area contributed by atoms with Crippen molar-refractivity contribution in [2.45, 2.75) is 13.0 Å². The zero-order valence-electron chi connectivity index (χ0n) is 20.6. The highest BCUT2D eigenvalue weighted by Gasteiger charge is 2.36. The molecule has 0 aliphatic carbocycles. The van der Waals surface area contributed by atoms with Gasteiger partial charge in [-0.05, 0) is 18.1 Å². The number of hydrogen-bond donors (Lipinski definition) is 1. The molecule has 0 atom stereocenters. The van der Waals surface area contributed by atoms with Gasteiger partial charge in [0, 0.05) is 73.2 Å². The van der Waals surface area contributed by atoms with Crippen LogP contribution in [-0.2, 0) is 27.3 Å². The van der Waals surface area contributed by atoms with Gasteiger partial charge < -0.3 is 23.5 Å². The molecule has 4 aromatic rings. The van der Waals surface area contributed by atoms with E-state index in [4.69, 9.17) is 9.15 Å². The predicted octanol–water partition coefficient (Wildman–Crippen LogP) is 2.66. The van der Waals surface area contributed by atoms with Crippen LogP contribution in [0.25, 0.3) is 33.0 Å². The summed E-state index contributed by atoms with van der Waals surface area (Å²) in [5.41, 5.74) is 4.35. The van der Waals surface area contributed by atoms with Crippen LogP contribution in [0.5, 0.6) is 0 Å². The predicted molar refractivity (Wildman–Crippen MR) is 139 cm³/mol. The highest BCUT2D eigenvalue weighted by Crippen LogP contribution is 2.39. The lowest BCUT2D eigenvalue weighted by molar-refractivity contribution is -0.122. The molecule has 1 N–H and O–H groups in total. The van der Waals surface area contributed by atoms with E-state index >= 15 is 0 Å². The molecule has 0 saturated carbocycles. The number of urea groups is 1. The van der Waals surface area contributed by atoms with Crippen LogP contribution in [0, 0.1) is 0 Å². The third kappa shape index (κ3) is 3.52. The molecule has 0 spiro atoms. The first-order valence-electron chi connectivity index (χ1n) is 12.7. The number of furan rings is 1. The Morgan fingerprint density at radius 2 is 1.68 bits per heavy atom. The minimum atomic E-state index is -0.473. The van der Waals surface area contributed by atoms with E-state index in [1.54, 1.807) is 24.7 Å². The highest BCUT2D eigenvalue weighted by molar-refractivity contribution is 6.50. The third-order valence-corrected chi connectivity index (χ3v) is 7.62. The lowest BCUT2D eigenvalue weighted by atomic mass is 9.95. The summed E-state index contributed by atoms with van der Waals surface area (Å²) in [6, 6.07) is 7.81. The smallest absolute Gasteiger partial charge is 0.320 e. The van der Waals surface area contributed by atoms with Crippen molar-refractivity contribution in [2.75, 3.05) is 39.4 Å². The molecule has 1 fully saturated rings. The maximum atomic E-state index is 13.2. The Bertz CT molecular complexity index is 1660. The number of benzene rings is 1. The number of morpholine rings is 1. The Morgan fingerprint density at radius 1 is 0.895 bits per heavy atom. The van der Waals surface area contributed by atoms with Crippen LogP contribution in [0.2, 0.25) is 0 Å². The normalized spacial score (nSPS) is 18.3. The second kappa shape index (κ2) is 8.84. The Balaban J connectivity index is 1.33. The first-order chi connectivity index (χ1) is 18.6. The molecular formula is C28H25N5O5. The lowest BCUT2D eigenvalue weighted by Crippen LogP contribution is -2.49. The molecule has 4 amide bonds. The Labute approximate surface area is 217 Å². The molecule has 6 heterocycles. The van der Waals surface area contributed by atoms with Gasteiger partial charge in [0.1, 0.15) is 5.58 Å². The largest absolute Gasteiger partial charge is 0.464 e. The average Bonchev–Trinajstić information content (AvgIpc) is 3.63. The number of nitrogens with zero attached hydrogens (tertiary/aromatic N) is 4. The Kier molecular flexibility index (Phi) is 5.29. The van der Waals surface area contributed by atoms with Crippen molar-refractivity contribution < 1.29 is 23.5 Å². The van der Waals surface area contributed by atoms with Crippen molar-refractivity contribution in [3.8, 4) is 0 Å². The SMILES string of the molecule is O=C1NC(=O)C(c2cncc3ccoc23)=C1c1cn2c3c(cccc13)CCN(C(=O)N1CCOCC1)CC2. The number of nitrogens with one attached hydrogen (secondary N) is 1. The maximum Gasteiger partial charge on any atom is 0.320 e. The van der Waals surface area contributed by atoms with Crippen LogP contribution in [0.4, 0.5) is 4.79 Å². The van der Waals surface area contributed by atoms with Crippen molar-refractivity contribution in [2.24, 2.45) is 0 Å². The zero-order chi connectivity index (χ0) is 25.8. The first-order valence-corrected chi connectivity index (χ1v) is 12.7. The molecular weight excluding hydrogens is 486 g/mol. The van der Waals surface area contributed by atoms with Crippen molar-refractivity contribution in [1.82, 2.24) is 24.7 Å². The standard InChI is InChI=1S/C28H25N5O5/c34-26-22(20-15-29-14-18-5-11-38-25(18)20)23(27(35)30-26)21-16-33-8-7-31(28(36)32-9-12-37-13-10-32)6-4-17-2-1-3-19(21)24(17)33/h1-3,5,11,14-16H,4,6-10,12-13H2,(H,30,34,35). The molecule has 3 aromatic heterocycles. The van der Waals surface area contributed by atoms with Gasteiger partial charge in [-0.25, -0.2) is 4.79 Å². The van der Waals surface area contributed by atoms with Gasteiger partial charge in [-0.1, -0.05) is 18.2 Å². The van der Waals surface area contributed by atoms with Gasteiger partial charge in [0.25, 0.3) is 11.8 Å². The van der Waals surface area contributed by atoms with Crippen molar-refractivity contribution >= 4 is 50.9 Å². The number of rotatable bonds is 2. The number of pyridine rings is 1. The van der Waals surface area contributed by atoms with Gasteiger partial charge >= 0.3 is 6.03 Å². The van der Waals surface area contributed by atoms with Crippen molar-refractivity contribution in [3.63, 3.8) is 0 Å². The van der Waals surface area contributed by atoms with E-state index in [2.05, 4.69) is 20.9 Å². The van der Waals surface area contributed by atoms with Gasteiger partial charge in [-0.2, -0.15) is 0 Å². The fraction of sp³-hybridized carbons (Fsp3) is 0.286. The minimum Gasteiger partial charge on any atom is -0.464 e. The highest BCUT2D eigenvalue weighted by atomic mass is 16.5. The molecule has 0 bridgehead atoms. The minimum absolute atomic E-state index is 0.0288. The first kappa shape index (κ1) is 22.7. The lowest BCUT2D eigenvalue weighted by Gasteiger charge is -2.34. The van der Waals surface area contributed by atoms with Crippen molar-refractivity contribution in [3.05, 3.63) is 65.8 Å². The molecule has 0 radical (unpaired) electrons.